The van der Waals surface area contributed by atoms with Crippen LogP contribution in [0.5, 0.6) is 0 Å². The van der Waals surface area contributed by atoms with Crippen LogP contribution >= 0.6 is 0 Å². The van der Waals surface area contributed by atoms with Gasteiger partial charge in [0.05, 0.1) is 18.6 Å². The van der Waals surface area contributed by atoms with Gasteiger partial charge in [-0.1, -0.05) is 6.07 Å². The molecule has 23 heavy (non-hydrogen) atoms. The van der Waals surface area contributed by atoms with Gasteiger partial charge in [-0.15, -0.1) is 0 Å². The van der Waals surface area contributed by atoms with Crippen LogP contribution in [0.25, 0.3) is 10.9 Å². The Balaban J connectivity index is 2.12. The van der Waals surface area contributed by atoms with Gasteiger partial charge >= 0.3 is 0 Å². The molecule has 0 aliphatic rings. The predicted molar refractivity (Wildman–Crippen MR) is 89.1 cm³/mol. The highest BCUT2D eigenvalue weighted by Gasteiger charge is 2.11. The number of H-pyrrole nitrogens is 1. The maximum Gasteiger partial charge on any atom is 0.264 e. The molecule has 2 N–H and O–H groups in total. The summed E-state index contributed by atoms with van der Waals surface area (Å²) in [4.78, 5) is 3.13. The van der Waals surface area contributed by atoms with E-state index in [4.69, 9.17) is 4.18 Å². The molecule has 1 aromatic heterocycles. The second-order valence-electron chi connectivity index (χ2n) is 5.29. The normalized spacial score (nSPS) is 12.8. The van der Waals surface area contributed by atoms with Crippen molar-refractivity contribution in [1.82, 2.24) is 9.71 Å². The first-order valence-corrected chi connectivity index (χ1v) is 10.5. The van der Waals surface area contributed by atoms with Gasteiger partial charge in [-0.25, -0.2) is 13.1 Å². The highest BCUT2D eigenvalue weighted by molar-refractivity contribution is 7.88. The third kappa shape index (κ3) is 5.31. The summed E-state index contributed by atoms with van der Waals surface area (Å²) in [6.45, 7) is 0.124. The topological polar surface area (TPSA) is 105 Å². The molecule has 0 spiro atoms. The molecule has 0 radical (unpaired) electrons. The molecule has 0 saturated heterocycles. The van der Waals surface area contributed by atoms with E-state index in [9.17, 15) is 16.8 Å². The maximum atomic E-state index is 11.6. The van der Waals surface area contributed by atoms with E-state index >= 15 is 0 Å². The van der Waals surface area contributed by atoms with Crippen molar-refractivity contribution in [2.45, 2.75) is 18.6 Å². The van der Waals surface area contributed by atoms with E-state index in [-0.39, 0.29) is 12.4 Å². The summed E-state index contributed by atoms with van der Waals surface area (Å²) in [7, 11) is -5.35. The number of sulfonamides is 1. The van der Waals surface area contributed by atoms with Crippen LogP contribution in [0.3, 0.4) is 0 Å². The van der Waals surface area contributed by atoms with E-state index < -0.39 is 20.1 Å². The molecule has 0 bridgehead atoms. The summed E-state index contributed by atoms with van der Waals surface area (Å²) in [6, 6.07) is 5.45. The molecule has 2 rings (SSSR count). The Bertz CT molecular complexity index is 885. The third-order valence-corrected chi connectivity index (χ3v) is 5.32. The lowest BCUT2D eigenvalue weighted by molar-refractivity contribution is 0.316. The Morgan fingerprint density at radius 2 is 1.96 bits per heavy atom. The zero-order valence-electron chi connectivity index (χ0n) is 13.0. The monoisotopic (exact) mass is 360 g/mol. The van der Waals surface area contributed by atoms with Crippen LogP contribution in [0.4, 0.5) is 0 Å². The fourth-order valence-corrected chi connectivity index (χ4v) is 3.47. The summed E-state index contributed by atoms with van der Waals surface area (Å²) >= 11 is 0. The minimum Gasteiger partial charge on any atom is -0.361 e. The van der Waals surface area contributed by atoms with Gasteiger partial charge in [-0.2, -0.15) is 8.42 Å². The summed E-state index contributed by atoms with van der Waals surface area (Å²) < 4.78 is 52.1. The first-order valence-electron chi connectivity index (χ1n) is 7.05. The number of aromatic amines is 1. The number of hydrogen-bond donors (Lipinski definition) is 2. The first-order chi connectivity index (χ1) is 10.7. The molecule has 0 atom stereocenters. The lowest BCUT2D eigenvalue weighted by Crippen LogP contribution is -2.20. The van der Waals surface area contributed by atoms with Crippen LogP contribution in [0.15, 0.2) is 24.4 Å². The van der Waals surface area contributed by atoms with E-state index in [1.165, 1.54) is 7.05 Å². The van der Waals surface area contributed by atoms with E-state index in [0.29, 0.717) is 18.4 Å². The van der Waals surface area contributed by atoms with Crippen molar-refractivity contribution < 1.29 is 21.0 Å². The van der Waals surface area contributed by atoms with Gasteiger partial charge in [0.25, 0.3) is 10.1 Å². The van der Waals surface area contributed by atoms with Crippen LogP contribution in [-0.4, -0.2) is 41.7 Å². The molecular weight excluding hydrogens is 340 g/mol. The minimum absolute atomic E-state index is 0.0821. The van der Waals surface area contributed by atoms with Gasteiger partial charge in [0, 0.05) is 17.1 Å². The smallest absolute Gasteiger partial charge is 0.264 e. The van der Waals surface area contributed by atoms with Crippen LogP contribution in [0, 0.1) is 0 Å². The average molecular weight is 360 g/mol. The lowest BCUT2D eigenvalue weighted by atomic mass is 10.1. The van der Waals surface area contributed by atoms with Gasteiger partial charge in [0.2, 0.25) is 10.0 Å². The molecule has 0 unspecified atom stereocenters. The fraction of sp³-hybridized carbons (Fsp3) is 0.429. The van der Waals surface area contributed by atoms with Gasteiger partial charge in [-0.05, 0) is 43.1 Å². The molecule has 1 aromatic carbocycles. The lowest BCUT2D eigenvalue weighted by Gasteiger charge is -2.04. The van der Waals surface area contributed by atoms with Crippen molar-refractivity contribution in [1.29, 1.82) is 0 Å². The second kappa shape index (κ2) is 7.00. The summed E-state index contributed by atoms with van der Waals surface area (Å²) in [5.74, 6) is -0.0821. The van der Waals surface area contributed by atoms with E-state index in [1.807, 2.05) is 18.3 Å². The van der Waals surface area contributed by atoms with Crippen molar-refractivity contribution in [2.24, 2.45) is 0 Å². The number of nitrogens with one attached hydrogen (secondary N) is 2. The molecule has 0 aliphatic heterocycles. The van der Waals surface area contributed by atoms with Crippen molar-refractivity contribution in [3.63, 3.8) is 0 Å². The number of aryl methyl sites for hydroxylation is 1. The molecule has 0 fully saturated rings. The minimum atomic E-state index is -3.42. The zero-order valence-corrected chi connectivity index (χ0v) is 14.6. The van der Waals surface area contributed by atoms with Crippen molar-refractivity contribution in [3.05, 3.63) is 35.5 Å². The number of fused-ring (bicyclic) bond motifs is 1. The van der Waals surface area contributed by atoms with Crippen molar-refractivity contribution in [2.75, 3.05) is 19.9 Å². The average Bonchev–Trinajstić information content (AvgIpc) is 2.85. The van der Waals surface area contributed by atoms with Crippen LogP contribution in [0.1, 0.15) is 17.5 Å². The second-order valence-corrected chi connectivity index (χ2v) is 8.86. The van der Waals surface area contributed by atoms with Crippen LogP contribution in [0.2, 0.25) is 0 Å². The number of benzene rings is 1. The molecule has 0 aliphatic carbocycles. The largest absolute Gasteiger partial charge is 0.361 e. The highest BCUT2D eigenvalue weighted by Crippen LogP contribution is 2.22. The number of hydrogen-bond acceptors (Lipinski definition) is 5. The molecule has 0 saturated carbocycles. The maximum absolute atomic E-state index is 11.6. The van der Waals surface area contributed by atoms with Gasteiger partial charge in [0.15, 0.2) is 0 Å². The number of aromatic nitrogens is 1. The number of rotatable bonds is 8. The fourth-order valence-electron chi connectivity index (χ4n) is 2.29. The molecule has 0 amide bonds. The molecule has 7 nitrogen and oxygen atoms in total. The Kier molecular flexibility index (Phi) is 5.45. The first kappa shape index (κ1) is 17.9. The van der Waals surface area contributed by atoms with E-state index in [1.54, 1.807) is 6.07 Å². The van der Waals surface area contributed by atoms with Crippen molar-refractivity contribution in [3.8, 4) is 0 Å². The van der Waals surface area contributed by atoms with Gasteiger partial charge < -0.3 is 4.98 Å². The van der Waals surface area contributed by atoms with E-state index in [0.717, 1.165) is 22.7 Å². The Labute approximate surface area is 136 Å². The SMILES string of the molecule is CNS(=O)(=O)Cc1ccc2[nH]cc(CCCOS(C)(=O)=O)c2c1. The Hall–Kier alpha value is -1.42. The Morgan fingerprint density at radius 1 is 1.22 bits per heavy atom. The standard InChI is InChI=1S/C14H20N2O5S2/c1-15-23(19,20)10-11-5-6-14-13(8-11)12(9-16-14)4-3-7-21-22(2,17)18/h5-6,8-9,15-16H,3-4,7,10H2,1-2H3. The zero-order chi connectivity index (χ0) is 17.1. The van der Waals surface area contributed by atoms with Crippen molar-refractivity contribution >= 4 is 31.0 Å². The predicted octanol–water partition coefficient (Wildman–Crippen LogP) is 1.13. The summed E-state index contributed by atoms with van der Waals surface area (Å²) in [5, 5.41) is 0.938. The molecular formula is C14H20N2O5S2. The van der Waals surface area contributed by atoms with E-state index in [2.05, 4.69) is 9.71 Å². The molecule has 128 valence electrons. The Morgan fingerprint density at radius 3 is 2.61 bits per heavy atom. The highest BCUT2D eigenvalue weighted by atomic mass is 32.2. The van der Waals surface area contributed by atoms with Crippen LogP contribution < -0.4 is 4.72 Å². The summed E-state index contributed by atoms with van der Waals surface area (Å²) in [5.41, 5.74) is 2.61. The third-order valence-electron chi connectivity index (χ3n) is 3.39. The van der Waals surface area contributed by atoms with Crippen LogP contribution in [-0.2, 0) is 36.5 Å². The van der Waals surface area contributed by atoms with Gasteiger partial charge in [-0.3, -0.25) is 4.18 Å². The summed E-state index contributed by atoms with van der Waals surface area (Å²) in [6.07, 6.45) is 4.06. The molecule has 1 heterocycles. The quantitative estimate of drug-likeness (QED) is 0.542. The van der Waals surface area contributed by atoms with Gasteiger partial charge in [0.1, 0.15) is 0 Å². The molecule has 2 aromatic rings. The molecule has 9 heteroatoms.